The third-order valence-corrected chi connectivity index (χ3v) is 7.27. The lowest BCUT2D eigenvalue weighted by atomic mass is 10.1. The second-order valence-electron chi connectivity index (χ2n) is 7.39. The molecule has 4 rings (SSSR count). The van der Waals surface area contributed by atoms with Gasteiger partial charge in [-0.1, -0.05) is 29.8 Å². The molecule has 0 radical (unpaired) electrons. The van der Waals surface area contributed by atoms with Crippen LogP contribution in [0.2, 0.25) is 5.02 Å². The first-order valence-electron chi connectivity index (χ1n) is 9.85. The second kappa shape index (κ2) is 8.36. The van der Waals surface area contributed by atoms with Crippen LogP contribution in [0.3, 0.4) is 0 Å². The SMILES string of the molecule is CC(=O)N1CCN(c2oc(-c3ccccc3C)nc2S(=O)(=O)c2ccc(Cl)cc2)CC1. The Kier molecular flexibility index (Phi) is 5.77. The summed E-state index contributed by atoms with van der Waals surface area (Å²) in [7, 11) is -3.95. The highest BCUT2D eigenvalue weighted by molar-refractivity contribution is 7.91. The number of sulfone groups is 1. The molecule has 1 aliphatic heterocycles. The van der Waals surface area contributed by atoms with Crippen molar-refractivity contribution < 1.29 is 17.6 Å². The predicted molar refractivity (Wildman–Crippen MR) is 118 cm³/mol. The molecule has 0 atom stereocenters. The maximum Gasteiger partial charge on any atom is 0.236 e. The first-order chi connectivity index (χ1) is 14.8. The molecule has 1 aromatic heterocycles. The molecule has 0 N–H and O–H groups in total. The van der Waals surface area contributed by atoms with Crippen molar-refractivity contribution >= 4 is 33.2 Å². The number of carbonyl (C=O) groups is 1. The van der Waals surface area contributed by atoms with Crippen LogP contribution in [0.1, 0.15) is 12.5 Å². The van der Waals surface area contributed by atoms with Crippen LogP contribution in [-0.4, -0.2) is 50.4 Å². The molecule has 7 nitrogen and oxygen atoms in total. The molecule has 9 heteroatoms. The quantitative estimate of drug-likeness (QED) is 0.590. The minimum Gasteiger partial charge on any atom is -0.419 e. The zero-order chi connectivity index (χ0) is 22.2. The van der Waals surface area contributed by atoms with Crippen LogP contribution < -0.4 is 4.90 Å². The van der Waals surface area contributed by atoms with Crippen molar-refractivity contribution in [2.24, 2.45) is 0 Å². The van der Waals surface area contributed by atoms with Crippen molar-refractivity contribution in [2.75, 3.05) is 31.1 Å². The topological polar surface area (TPSA) is 83.7 Å². The molecule has 0 unspecified atom stereocenters. The van der Waals surface area contributed by atoms with Gasteiger partial charge in [-0.3, -0.25) is 4.79 Å². The van der Waals surface area contributed by atoms with Crippen LogP contribution in [0.5, 0.6) is 0 Å². The summed E-state index contributed by atoms with van der Waals surface area (Å²) >= 11 is 5.93. The highest BCUT2D eigenvalue weighted by Gasteiger charge is 2.33. The van der Waals surface area contributed by atoms with Gasteiger partial charge in [0.15, 0.2) is 0 Å². The highest BCUT2D eigenvalue weighted by Crippen LogP contribution is 2.36. The summed E-state index contributed by atoms with van der Waals surface area (Å²) < 4.78 is 33.0. The molecule has 0 saturated carbocycles. The average Bonchev–Trinajstić information content (AvgIpc) is 3.20. The number of aryl methyl sites for hydroxylation is 1. The van der Waals surface area contributed by atoms with E-state index >= 15 is 0 Å². The van der Waals surface area contributed by atoms with E-state index in [2.05, 4.69) is 4.98 Å². The summed E-state index contributed by atoms with van der Waals surface area (Å²) in [5, 5.41) is 0.310. The van der Waals surface area contributed by atoms with Crippen molar-refractivity contribution in [2.45, 2.75) is 23.8 Å². The van der Waals surface area contributed by atoms with E-state index in [-0.39, 0.29) is 27.6 Å². The monoisotopic (exact) mass is 459 g/mol. The van der Waals surface area contributed by atoms with E-state index in [1.54, 1.807) is 4.90 Å². The van der Waals surface area contributed by atoms with Crippen molar-refractivity contribution in [3.63, 3.8) is 0 Å². The van der Waals surface area contributed by atoms with Crippen LogP contribution in [0.4, 0.5) is 5.88 Å². The number of oxazole rings is 1. The fraction of sp³-hybridized carbons (Fsp3) is 0.273. The van der Waals surface area contributed by atoms with Gasteiger partial charge in [0.25, 0.3) is 0 Å². The maximum atomic E-state index is 13.5. The number of carbonyl (C=O) groups excluding carboxylic acids is 1. The van der Waals surface area contributed by atoms with Gasteiger partial charge in [-0.05, 0) is 42.8 Å². The molecular weight excluding hydrogens is 438 g/mol. The number of rotatable bonds is 4. The number of piperazine rings is 1. The minimum atomic E-state index is -3.95. The lowest BCUT2D eigenvalue weighted by molar-refractivity contribution is -0.129. The van der Waals surface area contributed by atoms with Crippen molar-refractivity contribution in [1.29, 1.82) is 0 Å². The van der Waals surface area contributed by atoms with Gasteiger partial charge >= 0.3 is 0 Å². The number of halogens is 1. The number of hydrogen-bond donors (Lipinski definition) is 0. The Labute approximate surface area is 186 Å². The summed E-state index contributed by atoms with van der Waals surface area (Å²) in [4.78, 5) is 19.7. The molecule has 0 aliphatic carbocycles. The minimum absolute atomic E-state index is 0.00757. The molecule has 1 amide bonds. The zero-order valence-electron chi connectivity index (χ0n) is 17.2. The number of aromatic nitrogens is 1. The van der Waals surface area contributed by atoms with Crippen LogP contribution in [0.25, 0.3) is 11.5 Å². The smallest absolute Gasteiger partial charge is 0.236 e. The number of nitrogens with zero attached hydrogens (tertiary/aromatic N) is 3. The van der Waals surface area contributed by atoms with Gasteiger partial charge in [-0.25, -0.2) is 8.42 Å². The molecule has 0 bridgehead atoms. The van der Waals surface area contributed by atoms with Gasteiger partial charge in [-0.15, -0.1) is 0 Å². The van der Waals surface area contributed by atoms with Crippen LogP contribution >= 0.6 is 11.6 Å². The molecule has 162 valence electrons. The van der Waals surface area contributed by atoms with Crippen LogP contribution in [0.15, 0.2) is 62.9 Å². The van der Waals surface area contributed by atoms with Crippen LogP contribution in [-0.2, 0) is 14.6 Å². The Hall–Kier alpha value is -2.84. The molecule has 2 aromatic carbocycles. The van der Waals surface area contributed by atoms with Crippen LogP contribution in [0, 0.1) is 6.92 Å². The van der Waals surface area contributed by atoms with E-state index in [4.69, 9.17) is 16.0 Å². The van der Waals surface area contributed by atoms with Gasteiger partial charge in [0.2, 0.25) is 32.5 Å². The second-order valence-corrected chi connectivity index (χ2v) is 9.70. The first kappa shape index (κ1) is 21.4. The van der Waals surface area contributed by atoms with E-state index in [1.165, 1.54) is 31.2 Å². The van der Waals surface area contributed by atoms with E-state index in [1.807, 2.05) is 36.1 Å². The normalized spacial score (nSPS) is 14.7. The Morgan fingerprint density at radius 2 is 1.68 bits per heavy atom. The van der Waals surface area contributed by atoms with E-state index < -0.39 is 9.84 Å². The van der Waals surface area contributed by atoms with Gasteiger partial charge in [0.05, 0.1) is 4.90 Å². The Morgan fingerprint density at radius 3 is 2.29 bits per heavy atom. The lowest BCUT2D eigenvalue weighted by Gasteiger charge is -2.34. The van der Waals surface area contributed by atoms with E-state index in [0.29, 0.717) is 31.2 Å². The fourth-order valence-corrected chi connectivity index (χ4v) is 5.00. The largest absolute Gasteiger partial charge is 0.419 e. The van der Waals surface area contributed by atoms with E-state index in [0.717, 1.165) is 11.1 Å². The summed E-state index contributed by atoms with van der Waals surface area (Å²) in [6.45, 7) is 5.30. The number of hydrogen-bond acceptors (Lipinski definition) is 6. The Bertz CT molecular complexity index is 1210. The van der Waals surface area contributed by atoms with Gasteiger partial charge < -0.3 is 14.2 Å². The van der Waals surface area contributed by atoms with Crippen molar-refractivity contribution in [3.05, 3.63) is 59.1 Å². The number of anilines is 1. The summed E-state index contributed by atoms with van der Waals surface area (Å²) in [5.74, 6) is 0.429. The third-order valence-electron chi connectivity index (χ3n) is 5.35. The number of amides is 1. The molecular formula is C22H22ClN3O4S. The van der Waals surface area contributed by atoms with Gasteiger partial charge in [0, 0.05) is 43.7 Å². The van der Waals surface area contributed by atoms with Gasteiger partial charge in [0.1, 0.15) is 0 Å². The van der Waals surface area contributed by atoms with Crippen molar-refractivity contribution in [1.82, 2.24) is 9.88 Å². The van der Waals surface area contributed by atoms with E-state index in [9.17, 15) is 13.2 Å². The van der Waals surface area contributed by atoms with Gasteiger partial charge in [-0.2, -0.15) is 4.98 Å². The highest BCUT2D eigenvalue weighted by atomic mass is 35.5. The Balaban J connectivity index is 1.80. The molecule has 1 aliphatic rings. The molecule has 31 heavy (non-hydrogen) atoms. The summed E-state index contributed by atoms with van der Waals surface area (Å²) in [5.41, 5.74) is 1.65. The van der Waals surface area contributed by atoms with Crippen molar-refractivity contribution in [3.8, 4) is 11.5 Å². The zero-order valence-corrected chi connectivity index (χ0v) is 18.8. The molecule has 0 spiro atoms. The predicted octanol–water partition coefficient (Wildman–Crippen LogP) is 3.80. The maximum absolute atomic E-state index is 13.5. The fourth-order valence-electron chi connectivity index (χ4n) is 3.55. The number of benzene rings is 2. The Morgan fingerprint density at radius 1 is 1.03 bits per heavy atom. The molecule has 2 heterocycles. The molecule has 1 saturated heterocycles. The molecule has 3 aromatic rings. The first-order valence-corrected chi connectivity index (χ1v) is 11.7. The summed E-state index contributed by atoms with van der Waals surface area (Å²) in [6.07, 6.45) is 0. The third kappa shape index (κ3) is 4.18. The standard InChI is InChI=1S/C22H22ClN3O4S/c1-15-5-3-4-6-19(15)20-24-21(31(28,29)18-9-7-17(23)8-10-18)22(30-20)26-13-11-25(12-14-26)16(2)27/h3-10H,11-14H2,1-2H3. The lowest BCUT2D eigenvalue weighted by Crippen LogP contribution is -2.48. The molecule has 1 fully saturated rings. The average molecular weight is 460 g/mol. The summed E-state index contributed by atoms with van der Waals surface area (Å²) in [6, 6.07) is 13.5.